The Kier molecular flexibility index (Phi) is 7.30. The van der Waals surface area contributed by atoms with Crippen molar-refractivity contribution >= 4 is 22.8 Å². The molecule has 0 radical (unpaired) electrons. The number of esters is 1. The molecule has 0 unspecified atom stereocenters. The maximum Gasteiger partial charge on any atom is 0.336 e. The summed E-state index contributed by atoms with van der Waals surface area (Å²) in [6.07, 6.45) is 0. The predicted octanol–water partition coefficient (Wildman–Crippen LogP) is 4.10. The highest BCUT2D eigenvalue weighted by molar-refractivity contribution is 5.98. The van der Waals surface area contributed by atoms with Gasteiger partial charge < -0.3 is 19.2 Å². The van der Waals surface area contributed by atoms with Gasteiger partial charge in [-0.25, -0.2) is 4.79 Å². The van der Waals surface area contributed by atoms with E-state index in [1.807, 2.05) is 26.0 Å². The maximum absolute atomic E-state index is 12.4. The summed E-state index contributed by atoms with van der Waals surface area (Å²) in [5.41, 5.74) is 2.98. The molecule has 0 spiro atoms. The maximum atomic E-state index is 12.4. The number of benzene rings is 2. The minimum Gasteiger partial charge on any atom is -0.493 e. The van der Waals surface area contributed by atoms with Crippen molar-refractivity contribution in [3.63, 3.8) is 0 Å². The lowest BCUT2D eigenvalue weighted by Crippen LogP contribution is -2.31. The summed E-state index contributed by atoms with van der Waals surface area (Å²) < 4.78 is 16.1. The van der Waals surface area contributed by atoms with Crippen molar-refractivity contribution in [2.75, 3.05) is 13.2 Å². The van der Waals surface area contributed by atoms with Crippen LogP contribution in [0.4, 0.5) is 0 Å². The van der Waals surface area contributed by atoms with Gasteiger partial charge in [0.05, 0.1) is 12.2 Å². The number of ether oxygens (including phenoxy) is 2. The number of hydrogen-bond donors (Lipinski definition) is 1. The van der Waals surface area contributed by atoms with Gasteiger partial charge in [0.1, 0.15) is 24.5 Å². The van der Waals surface area contributed by atoms with Crippen molar-refractivity contribution < 1.29 is 23.5 Å². The number of fused-ring (bicyclic) bond motifs is 1. The van der Waals surface area contributed by atoms with Crippen LogP contribution in [-0.2, 0) is 16.1 Å². The molecule has 0 fully saturated rings. The molecular formula is C25H27NO6. The van der Waals surface area contributed by atoms with E-state index in [-0.39, 0.29) is 19.1 Å². The molecule has 1 heterocycles. The van der Waals surface area contributed by atoms with Crippen LogP contribution in [0.3, 0.4) is 0 Å². The smallest absolute Gasteiger partial charge is 0.336 e. The minimum absolute atomic E-state index is 0.104. The zero-order valence-corrected chi connectivity index (χ0v) is 18.7. The first-order valence-electron chi connectivity index (χ1n) is 10.5. The zero-order chi connectivity index (χ0) is 23.3. The summed E-state index contributed by atoms with van der Waals surface area (Å²) in [5, 5.41) is 3.26. The first kappa shape index (κ1) is 23.1. The molecule has 0 bridgehead atoms. The van der Waals surface area contributed by atoms with Crippen LogP contribution in [0.2, 0.25) is 0 Å². The molecule has 168 valence electrons. The van der Waals surface area contributed by atoms with Gasteiger partial charge in [-0.1, -0.05) is 26.0 Å². The van der Waals surface area contributed by atoms with E-state index in [0.717, 1.165) is 16.5 Å². The molecule has 32 heavy (non-hydrogen) atoms. The summed E-state index contributed by atoms with van der Waals surface area (Å²) in [5.74, 6) is -0.324. The summed E-state index contributed by atoms with van der Waals surface area (Å²) >= 11 is 0. The standard InChI is InChI=1S/C25H27NO6/c1-5-30-21-9-7-6-8-18(21)25(29)26-13-24(28)31-14-17-11-23(27)32-22-10-16(4)19(15(2)3)12-20(17)22/h6-12,15H,5,13-14H2,1-4H3,(H,26,29). The van der Waals surface area contributed by atoms with Crippen molar-refractivity contribution in [2.45, 2.75) is 40.2 Å². The Labute approximate surface area is 186 Å². The molecule has 0 aliphatic carbocycles. The van der Waals surface area contributed by atoms with E-state index in [1.54, 1.807) is 24.3 Å². The van der Waals surface area contributed by atoms with Gasteiger partial charge in [-0.3, -0.25) is 9.59 Å². The van der Waals surface area contributed by atoms with Crippen LogP contribution < -0.4 is 15.7 Å². The monoisotopic (exact) mass is 437 g/mol. The van der Waals surface area contributed by atoms with Gasteiger partial charge in [-0.15, -0.1) is 0 Å². The molecular weight excluding hydrogens is 410 g/mol. The highest BCUT2D eigenvalue weighted by Crippen LogP contribution is 2.27. The van der Waals surface area contributed by atoms with E-state index in [9.17, 15) is 14.4 Å². The van der Waals surface area contributed by atoms with Gasteiger partial charge in [0.25, 0.3) is 5.91 Å². The van der Waals surface area contributed by atoms with Crippen LogP contribution in [-0.4, -0.2) is 25.0 Å². The summed E-state index contributed by atoms with van der Waals surface area (Å²) in [4.78, 5) is 36.6. The lowest BCUT2D eigenvalue weighted by molar-refractivity contribution is -0.143. The molecule has 3 aromatic rings. The molecule has 3 rings (SSSR count). The molecule has 0 aliphatic heterocycles. The van der Waals surface area contributed by atoms with Crippen LogP contribution in [0.15, 0.2) is 51.7 Å². The number of carbonyl (C=O) groups excluding carboxylic acids is 2. The second kappa shape index (κ2) is 10.1. The highest BCUT2D eigenvalue weighted by atomic mass is 16.5. The average Bonchev–Trinajstić information content (AvgIpc) is 2.75. The number of hydrogen-bond acceptors (Lipinski definition) is 6. The Morgan fingerprint density at radius 1 is 1.12 bits per heavy atom. The van der Waals surface area contributed by atoms with E-state index < -0.39 is 17.5 Å². The molecule has 1 amide bonds. The summed E-state index contributed by atoms with van der Waals surface area (Å²) in [7, 11) is 0. The van der Waals surface area contributed by atoms with E-state index in [2.05, 4.69) is 19.2 Å². The molecule has 0 aliphatic rings. The molecule has 7 heteroatoms. The molecule has 0 saturated carbocycles. The molecule has 2 aromatic carbocycles. The Balaban J connectivity index is 1.69. The topological polar surface area (TPSA) is 94.8 Å². The summed E-state index contributed by atoms with van der Waals surface area (Å²) in [6, 6.07) is 11.9. The van der Waals surface area contributed by atoms with Crippen molar-refractivity contribution in [2.24, 2.45) is 0 Å². The first-order chi connectivity index (χ1) is 15.3. The number of carbonyl (C=O) groups is 2. The quantitative estimate of drug-likeness (QED) is 0.421. The second-order valence-electron chi connectivity index (χ2n) is 7.72. The van der Waals surface area contributed by atoms with Crippen molar-refractivity contribution in [3.8, 4) is 5.75 Å². The Hall–Kier alpha value is -3.61. The Morgan fingerprint density at radius 3 is 2.59 bits per heavy atom. The number of amides is 1. The van der Waals surface area contributed by atoms with Gasteiger partial charge >= 0.3 is 11.6 Å². The van der Waals surface area contributed by atoms with Crippen LogP contribution in [0.1, 0.15) is 53.7 Å². The van der Waals surface area contributed by atoms with Gasteiger partial charge in [0.15, 0.2) is 0 Å². The third-order valence-electron chi connectivity index (χ3n) is 5.05. The SMILES string of the molecule is CCOc1ccccc1C(=O)NCC(=O)OCc1cc(=O)oc2cc(C)c(C(C)C)cc12. The molecule has 1 aromatic heterocycles. The number of para-hydroxylation sites is 1. The molecule has 1 N–H and O–H groups in total. The van der Waals surface area contributed by atoms with Crippen LogP contribution in [0.5, 0.6) is 5.75 Å². The van der Waals surface area contributed by atoms with Gasteiger partial charge in [-0.05, 0) is 55.2 Å². The number of nitrogens with one attached hydrogen (secondary N) is 1. The van der Waals surface area contributed by atoms with E-state index >= 15 is 0 Å². The van der Waals surface area contributed by atoms with Gasteiger partial charge in [0.2, 0.25) is 0 Å². The third kappa shape index (κ3) is 5.35. The normalized spacial score (nSPS) is 10.9. The second-order valence-corrected chi connectivity index (χ2v) is 7.72. The first-order valence-corrected chi connectivity index (χ1v) is 10.5. The highest BCUT2D eigenvalue weighted by Gasteiger charge is 2.15. The van der Waals surface area contributed by atoms with Gasteiger partial charge in [-0.2, -0.15) is 0 Å². The van der Waals surface area contributed by atoms with Crippen molar-refractivity contribution in [3.05, 3.63) is 75.1 Å². The fourth-order valence-corrected chi connectivity index (χ4v) is 3.53. The summed E-state index contributed by atoms with van der Waals surface area (Å²) in [6.45, 7) is 7.96. The minimum atomic E-state index is -0.621. The van der Waals surface area contributed by atoms with Crippen molar-refractivity contribution in [1.82, 2.24) is 5.32 Å². The molecule has 0 atom stereocenters. The van der Waals surface area contributed by atoms with Gasteiger partial charge in [0, 0.05) is 17.0 Å². The average molecular weight is 437 g/mol. The number of aryl methyl sites for hydroxylation is 1. The lowest BCUT2D eigenvalue weighted by Gasteiger charge is -2.13. The Morgan fingerprint density at radius 2 is 1.88 bits per heavy atom. The number of rotatable bonds is 8. The predicted molar refractivity (Wildman–Crippen MR) is 121 cm³/mol. The van der Waals surface area contributed by atoms with E-state index in [1.165, 1.54) is 6.07 Å². The zero-order valence-electron chi connectivity index (χ0n) is 18.7. The van der Waals surface area contributed by atoms with E-state index in [4.69, 9.17) is 13.9 Å². The fourth-order valence-electron chi connectivity index (χ4n) is 3.53. The Bertz CT molecular complexity index is 1190. The largest absolute Gasteiger partial charge is 0.493 e. The van der Waals surface area contributed by atoms with Crippen LogP contribution in [0, 0.1) is 6.92 Å². The molecule has 7 nitrogen and oxygen atoms in total. The lowest BCUT2D eigenvalue weighted by atomic mass is 9.95. The van der Waals surface area contributed by atoms with Crippen LogP contribution >= 0.6 is 0 Å². The van der Waals surface area contributed by atoms with Crippen LogP contribution in [0.25, 0.3) is 11.0 Å². The fraction of sp³-hybridized carbons (Fsp3) is 0.320. The van der Waals surface area contributed by atoms with Crippen molar-refractivity contribution in [1.29, 1.82) is 0 Å². The van der Waals surface area contributed by atoms with E-state index in [0.29, 0.717) is 29.1 Å². The molecule has 0 saturated heterocycles. The third-order valence-corrected chi connectivity index (χ3v) is 5.05.